The summed E-state index contributed by atoms with van der Waals surface area (Å²) in [6.45, 7) is 4.78. The van der Waals surface area contributed by atoms with Gasteiger partial charge in [0.2, 0.25) is 0 Å². The predicted octanol–water partition coefficient (Wildman–Crippen LogP) is 0.978. The highest BCUT2D eigenvalue weighted by Crippen LogP contribution is 1.93. The van der Waals surface area contributed by atoms with Crippen LogP contribution in [0, 0.1) is 0 Å². The van der Waals surface area contributed by atoms with Crippen molar-refractivity contribution in [2.45, 2.75) is 32.7 Å². The SMILES string of the molecule is CCCN=C(N)NCCCCn1ccnc1. The number of rotatable bonds is 7. The second-order valence-corrected chi connectivity index (χ2v) is 3.70. The van der Waals surface area contributed by atoms with Crippen LogP contribution in [0.5, 0.6) is 0 Å². The molecule has 0 spiro atoms. The first kappa shape index (κ1) is 12.5. The van der Waals surface area contributed by atoms with Gasteiger partial charge in [0.15, 0.2) is 5.96 Å². The van der Waals surface area contributed by atoms with Gasteiger partial charge in [0.25, 0.3) is 0 Å². The van der Waals surface area contributed by atoms with Crippen molar-refractivity contribution in [3.63, 3.8) is 0 Å². The average molecular weight is 223 g/mol. The van der Waals surface area contributed by atoms with E-state index in [0.29, 0.717) is 5.96 Å². The largest absolute Gasteiger partial charge is 0.370 e. The van der Waals surface area contributed by atoms with Gasteiger partial charge in [0.05, 0.1) is 6.33 Å². The van der Waals surface area contributed by atoms with Gasteiger partial charge in [-0.15, -0.1) is 0 Å². The molecule has 0 aliphatic heterocycles. The molecule has 1 aromatic rings. The fraction of sp³-hybridized carbons (Fsp3) is 0.636. The van der Waals surface area contributed by atoms with Crippen molar-refractivity contribution in [1.82, 2.24) is 14.9 Å². The molecule has 0 aromatic carbocycles. The normalized spacial score (nSPS) is 11.7. The van der Waals surface area contributed by atoms with E-state index in [1.54, 1.807) is 6.20 Å². The van der Waals surface area contributed by atoms with Gasteiger partial charge in [-0.05, 0) is 19.3 Å². The van der Waals surface area contributed by atoms with Crippen molar-refractivity contribution >= 4 is 5.96 Å². The Morgan fingerprint density at radius 1 is 1.50 bits per heavy atom. The van der Waals surface area contributed by atoms with Crippen molar-refractivity contribution in [2.24, 2.45) is 10.7 Å². The summed E-state index contributed by atoms with van der Waals surface area (Å²) in [6, 6.07) is 0. The van der Waals surface area contributed by atoms with E-state index in [4.69, 9.17) is 5.73 Å². The van der Waals surface area contributed by atoms with Crippen LogP contribution in [0.25, 0.3) is 0 Å². The van der Waals surface area contributed by atoms with Crippen LogP contribution in [0.4, 0.5) is 0 Å². The molecule has 3 N–H and O–H groups in total. The summed E-state index contributed by atoms with van der Waals surface area (Å²) in [5.41, 5.74) is 5.66. The first-order chi connectivity index (χ1) is 7.83. The van der Waals surface area contributed by atoms with Gasteiger partial charge in [-0.25, -0.2) is 4.98 Å². The Labute approximate surface area is 96.8 Å². The Morgan fingerprint density at radius 3 is 3.06 bits per heavy atom. The number of hydrogen-bond donors (Lipinski definition) is 2. The van der Waals surface area contributed by atoms with Crippen molar-refractivity contribution in [3.05, 3.63) is 18.7 Å². The van der Waals surface area contributed by atoms with Crippen LogP contribution in [-0.4, -0.2) is 28.6 Å². The van der Waals surface area contributed by atoms with Crippen molar-refractivity contribution in [3.8, 4) is 0 Å². The maximum absolute atomic E-state index is 5.66. The van der Waals surface area contributed by atoms with Gasteiger partial charge >= 0.3 is 0 Å². The lowest BCUT2D eigenvalue weighted by Crippen LogP contribution is -2.32. The third kappa shape index (κ3) is 5.38. The van der Waals surface area contributed by atoms with E-state index in [1.807, 2.05) is 12.5 Å². The lowest BCUT2D eigenvalue weighted by molar-refractivity contribution is 0.601. The zero-order valence-electron chi connectivity index (χ0n) is 9.89. The van der Waals surface area contributed by atoms with Crippen LogP contribution < -0.4 is 11.1 Å². The molecule has 0 atom stereocenters. The lowest BCUT2D eigenvalue weighted by Gasteiger charge is -2.05. The zero-order chi connectivity index (χ0) is 11.6. The molecule has 0 radical (unpaired) electrons. The molecule has 0 fully saturated rings. The van der Waals surface area contributed by atoms with E-state index < -0.39 is 0 Å². The average Bonchev–Trinajstić information content (AvgIpc) is 2.79. The Balaban J connectivity index is 1.99. The highest BCUT2D eigenvalue weighted by molar-refractivity contribution is 5.77. The fourth-order valence-electron chi connectivity index (χ4n) is 1.34. The van der Waals surface area contributed by atoms with Crippen LogP contribution in [0.2, 0.25) is 0 Å². The number of nitrogens with zero attached hydrogens (tertiary/aromatic N) is 3. The summed E-state index contributed by atoms with van der Waals surface area (Å²) in [5.74, 6) is 0.560. The van der Waals surface area contributed by atoms with E-state index >= 15 is 0 Å². The van der Waals surface area contributed by atoms with Gasteiger partial charge in [0.1, 0.15) is 0 Å². The Bertz CT molecular complexity index is 291. The minimum Gasteiger partial charge on any atom is -0.370 e. The highest BCUT2D eigenvalue weighted by atomic mass is 15.1. The summed E-state index contributed by atoms with van der Waals surface area (Å²) < 4.78 is 2.08. The van der Waals surface area contributed by atoms with Gasteiger partial charge in [0, 0.05) is 32.0 Å². The molecular weight excluding hydrogens is 202 g/mol. The first-order valence-corrected chi connectivity index (χ1v) is 5.82. The highest BCUT2D eigenvalue weighted by Gasteiger charge is 1.92. The Hall–Kier alpha value is -1.52. The van der Waals surface area contributed by atoms with Crippen LogP contribution in [-0.2, 0) is 6.54 Å². The number of hydrogen-bond acceptors (Lipinski definition) is 2. The molecule has 5 nitrogen and oxygen atoms in total. The Morgan fingerprint density at radius 2 is 2.38 bits per heavy atom. The predicted molar refractivity (Wildman–Crippen MR) is 66.2 cm³/mol. The van der Waals surface area contributed by atoms with Crippen LogP contribution >= 0.6 is 0 Å². The van der Waals surface area contributed by atoms with E-state index in [2.05, 4.69) is 26.8 Å². The smallest absolute Gasteiger partial charge is 0.188 e. The molecule has 1 aromatic heterocycles. The number of aromatic nitrogens is 2. The minimum absolute atomic E-state index is 0.560. The summed E-state index contributed by atoms with van der Waals surface area (Å²) >= 11 is 0. The van der Waals surface area contributed by atoms with Crippen LogP contribution in [0.15, 0.2) is 23.7 Å². The summed E-state index contributed by atoms with van der Waals surface area (Å²) in [5, 5.41) is 3.10. The summed E-state index contributed by atoms with van der Waals surface area (Å²) in [7, 11) is 0. The molecule has 5 heteroatoms. The molecule has 1 rings (SSSR count). The maximum atomic E-state index is 5.66. The number of guanidine groups is 1. The van der Waals surface area contributed by atoms with E-state index in [9.17, 15) is 0 Å². The third-order valence-electron chi connectivity index (χ3n) is 2.21. The minimum atomic E-state index is 0.560. The van der Waals surface area contributed by atoms with Crippen molar-refractivity contribution in [1.29, 1.82) is 0 Å². The monoisotopic (exact) mass is 223 g/mol. The van der Waals surface area contributed by atoms with Crippen molar-refractivity contribution in [2.75, 3.05) is 13.1 Å². The number of nitrogens with two attached hydrogens (primary N) is 1. The number of aliphatic imine (C=N–C) groups is 1. The molecule has 0 aliphatic carbocycles. The van der Waals surface area contributed by atoms with Gasteiger partial charge < -0.3 is 15.6 Å². The van der Waals surface area contributed by atoms with Crippen molar-refractivity contribution < 1.29 is 0 Å². The van der Waals surface area contributed by atoms with Crippen LogP contribution in [0.1, 0.15) is 26.2 Å². The number of unbranched alkanes of at least 4 members (excludes halogenated alkanes) is 1. The molecule has 0 bridgehead atoms. The molecule has 90 valence electrons. The molecular formula is C11H21N5. The number of nitrogens with one attached hydrogen (secondary N) is 1. The molecule has 0 saturated heterocycles. The van der Waals surface area contributed by atoms with Gasteiger partial charge in [-0.2, -0.15) is 0 Å². The van der Waals surface area contributed by atoms with Crippen LogP contribution in [0.3, 0.4) is 0 Å². The third-order valence-corrected chi connectivity index (χ3v) is 2.21. The lowest BCUT2D eigenvalue weighted by atomic mass is 10.3. The molecule has 1 heterocycles. The molecule has 0 aliphatic rings. The van der Waals surface area contributed by atoms with Gasteiger partial charge in [-0.3, -0.25) is 4.99 Å². The van der Waals surface area contributed by atoms with E-state index in [-0.39, 0.29) is 0 Å². The molecule has 0 amide bonds. The van der Waals surface area contributed by atoms with E-state index in [0.717, 1.165) is 38.9 Å². The number of imidazole rings is 1. The molecule has 16 heavy (non-hydrogen) atoms. The summed E-state index contributed by atoms with van der Waals surface area (Å²) in [6.07, 6.45) is 8.84. The zero-order valence-corrected chi connectivity index (χ0v) is 9.89. The first-order valence-electron chi connectivity index (χ1n) is 5.82. The second-order valence-electron chi connectivity index (χ2n) is 3.70. The standard InChI is InChI=1S/C11H21N5/c1-2-5-14-11(12)15-6-3-4-8-16-9-7-13-10-16/h7,9-10H,2-6,8H2,1H3,(H3,12,14,15). The second kappa shape index (κ2) is 7.73. The summed E-state index contributed by atoms with van der Waals surface area (Å²) in [4.78, 5) is 8.15. The Kier molecular flexibility index (Phi) is 6.06. The molecule has 0 unspecified atom stereocenters. The topological polar surface area (TPSA) is 68.2 Å². The quantitative estimate of drug-likeness (QED) is 0.411. The number of aryl methyl sites for hydroxylation is 1. The maximum Gasteiger partial charge on any atom is 0.188 e. The fourth-order valence-corrected chi connectivity index (χ4v) is 1.34. The van der Waals surface area contributed by atoms with Gasteiger partial charge in [-0.1, -0.05) is 6.92 Å². The molecule has 0 saturated carbocycles. The van der Waals surface area contributed by atoms with E-state index in [1.165, 1.54) is 0 Å².